The normalized spacial score (nSPS) is 14.3. The minimum absolute atomic E-state index is 0.399. The highest BCUT2D eigenvalue weighted by Crippen LogP contribution is 2.32. The van der Waals surface area contributed by atoms with Crippen molar-refractivity contribution in [2.75, 3.05) is 14.2 Å². The van der Waals surface area contributed by atoms with Gasteiger partial charge in [0.1, 0.15) is 17.3 Å². The van der Waals surface area contributed by atoms with E-state index in [1.54, 1.807) is 38.5 Å². The van der Waals surface area contributed by atoms with Gasteiger partial charge in [-0.1, -0.05) is 24.3 Å². The van der Waals surface area contributed by atoms with Crippen molar-refractivity contribution in [2.45, 2.75) is 0 Å². The fraction of sp³-hybridized carbons (Fsp3) is 0.0800. The highest BCUT2D eigenvalue weighted by atomic mass is 16.5. The van der Waals surface area contributed by atoms with Crippen LogP contribution in [0.2, 0.25) is 0 Å². The summed E-state index contributed by atoms with van der Waals surface area (Å²) < 4.78 is 21.8. The number of cyclic esters (lactones) is 1. The van der Waals surface area contributed by atoms with Crippen molar-refractivity contribution in [3.8, 4) is 23.0 Å². The molecule has 30 heavy (non-hydrogen) atoms. The lowest BCUT2D eigenvalue weighted by Gasteiger charge is -2.07. The third-order valence-corrected chi connectivity index (χ3v) is 4.57. The van der Waals surface area contributed by atoms with Crippen LogP contribution in [-0.2, 0) is 9.53 Å². The molecule has 0 radical (unpaired) electrons. The van der Waals surface area contributed by atoms with Gasteiger partial charge in [0, 0.05) is 5.56 Å². The molecule has 3 aromatic rings. The zero-order valence-electron chi connectivity index (χ0n) is 16.6. The molecule has 0 aliphatic carbocycles. The lowest BCUT2D eigenvalue weighted by molar-refractivity contribution is -0.130. The Bertz CT molecular complexity index is 1110. The van der Waals surface area contributed by atoms with E-state index in [2.05, 4.69) is 0 Å². The Labute approximate surface area is 174 Å². The molecule has 5 heteroatoms. The molecule has 5 nitrogen and oxygen atoms in total. The van der Waals surface area contributed by atoms with Gasteiger partial charge in [-0.2, -0.15) is 0 Å². The maximum atomic E-state index is 12.3. The second kappa shape index (κ2) is 8.57. The van der Waals surface area contributed by atoms with Crippen molar-refractivity contribution in [1.82, 2.24) is 0 Å². The second-order valence-electron chi connectivity index (χ2n) is 6.55. The number of benzene rings is 3. The molecule has 1 aliphatic rings. The number of para-hydroxylation sites is 1. The van der Waals surface area contributed by atoms with Gasteiger partial charge < -0.3 is 18.9 Å². The molecule has 0 unspecified atom stereocenters. The fourth-order valence-electron chi connectivity index (χ4n) is 3.07. The summed E-state index contributed by atoms with van der Waals surface area (Å²) in [7, 11) is 3.15. The first-order chi connectivity index (χ1) is 14.7. The summed E-state index contributed by atoms with van der Waals surface area (Å²) in [6.07, 6.45) is 3.48. The first-order valence-corrected chi connectivity index (χ1v) is 9.37. The molecule has 0 saturated heterocycles. The number of rotatable bonds is 6. The Hall–Kier alpha value is -3.99. The van der Waals surface area contributed by atoms with Crippen LogP contribution in [0.5, 0.6) is 23.0 Å². The quantitative estimate of drug-likeness (QED) is 0.405. The molecule has 0 saturated carbocycles. The number of hydrogen-bond acceptors (Lipinski definition) is 5. The summed E-state index contributed by atoms with van der Waals surface area (Å²) in [4.78, 5) is 12.3. The minimum Gasteiger partial charge on any atom is -0.493 e. The highest BCUT2D eigenvalue weighted by molar-refractivity contribution is 6.05. The maximum absolute atomic E-state index is 12.3. The Morgan fingerprint density at radius 2 is 1.50 bits per heavy atom. The van der Waals surface area contributed by atoms with Crippen LogP contribution >= 0.6 is 0 Å². The Morgan fingerprint density at radius 3 is 2.20 bits per heavy atom. The van der Waals surface area contributed by atoms with Crippen LogP contribution in [0.25, 0.3) is 11.8 Å². The van der Waals surface area contributed by atoms with E-state index < -0.39 is 5.97 Å². The van der Waals surface area contributed by atoms with Crippen LogP contribution in [0.3, 0.4) is 0 Å². The smallest absolute Gasteiger partial charge is 0.343 e. The predicted molar refractivity (Wildman–Crippen MR) is 115 cm³/mol. The molecule has 3 aromatic carbocycles. The Kier molecular flexibility index (Phi) is 5.52. The molecule has 0 fully saturated rings. The molecular weight excluding hydrogens is 380 g/mol. The lowest BCUT2D eigenvalue weighted by Crippen LogP contribution is -1.97. The van der Waals surface area contributed by atoms with Crippen LogP contribution in [0.4, 0.5) is 0 Å². The second-order valence-corrected chi connectivity index (χ2v) is 6.55. The van der Waals surface area contributed by atoms with Gasteiger partial charge in [0.15, 0.2) is 11.5 Å². The van der Waals surface area contributed by atoms with Gasteiger partial charge in [-0.3, -0.25) is 0 Å². The SMILES string of the molecule is COc1ccc(C=C2C=C(c3ccc(Oc4ccccc4)cc3)OC2=O)cc1OC. The largest absolute Gasteiger partial charge is 0.493 e. The average molecular weight is 400 g/mol. The van der Waals surface area contributed by atoms with Gasteiger partial charge in [-0.05, 0) is 66.2 Å². The van der Waals surface area contributed by atoms with Crippen molar-refractivity contribution in [1.29, 1.82) is 0 Å². The van der Waals surface area contributed by atoms with E-state index >= 15 is 0 Å². The molecule has 1 heterocycles. The zero-order valence-corrected chi connectivity index (χ0v) is 16.6. The van der Waals surface area contributed by atoms with E-state index in [0.29, 0.717) is 28.6 Å². The third kappa shape index (κ3) is 4.20. The Morgan fingerprint density at radius 1 is 0.800 bits per heavy atom. The summed E-state index contributed by atoms with van der Waals surface area (Å²) in [5.74, 6) is 2.79. The number of carbonyl (C=O) groups excluding carboxylic acids is 1. The molecular formula is C25H20O5. The van der Waals surface area contributed by atoms with Crippen molar-refractivity contribution in [2.24, 2.45) is 0 Å². The number of ether oxygens (including phenoxy) is 4. The minimum atomic E-state index is -0.399. The van der Waals surface area contributed by atoms with E-state index in [1.165, 1.54) is 0 Å². The van der Waals surface area contributed by atoms with Crippen LogP contribution in [0.1, 0.15) is 11.1 Å². The molecule has 4 rings (SSSR count). The standard InChI is InChI=1S/C25H20O5/c1-27-22-13-8-17(15-24(22)28-2)14-19-16-23(30-25(19)26)18-9-11-21(12-10-18)29-20-6-4-3-5-7-20/h3-16H,1-2H3. The maximum Gasteiger partial charge on any atom is 0.343 e. The van der Waals surface area contributed by atoms with Crippen LogP contribution in [0.15, 0.2) is 84.4 Å². The fourth-order valence-corrected chi connectivity index (χ4v) is 3.07. The van der Waals surface area contributed by atoms with E-state index in [9.17, 15) is 4.79 Å². The molecule has 0 amide bonds. The number of carbonyl (C=O) groups is 1. The summed E-state index contributed by atoms with van der Waals surface area (Å²) in [5, 5.41) is 0. The number of esters is 1. The van der Waals surface area contributed by atoms with Crippen molar-refractivity contribution < 1.29 is 23.7 Å². The van der Waals surface area contributed by atoms with E-state index in [0.717, 1.165) is 16.9 Å². The predicted octanol–water partition coefficient (Wildman–Crippen LogP) is 5.48. The van der Waals surface area contributed by atoms with Crippen molar-refractivity contribution in [3.05, 3.63) is 95.6 Å². The topological polar surface area (TPSA) is 54.0 Å². The van der Waals surface area contributed by atoms with Gasteiger partial charge >= 0.3 is 5.97 Å². The molecule has 0 bridgehead atoms. The van der Waals surface area contributed by atoms with E-state index in [-0.39, 0.29) is 0 Å². The van der Waals surface area contributed by atoms with Crippen molar-refractivity contribution >= 4 is 17.8 Å². The lowest BCUT2D eigenvalue weighted by atomic mass is 10.1. The zero-order chi connectivity index (χ0) is 20.9. The van der Waals surface area contributed by atoms with E-state index in [4.69, 9.17) is 18.9 Å². The van der Waals surface area contributed by atoms with Crippen LogP contribution < -0.4 is 14.2 Å². The summed E-state index contributed by atoms with van der Waals surface area (Å²) in [5.41, 5.74) is 2.06. The molecule has 1 aliphatic heterocycles. The van der Waals surface area contributed by atoms with Crippen LogP contribution in [-0.4, -0.2) is 20.2 Å². The van der Waals surface area contributed by atoms with Crippen molar-refractivity contribution in [3.63, 3.8) is 0 Å². The van der Waals surface area contributed by atoms with E-state index in [1.807, 2.05) is 60.7 Å². The average Bonchev–Trinajstić information content (AvgIpc) is 3.15. The van der Waals surface area contributed by atoms with Gasteiger partial charge in [0.2, 0.25) is 0 Å². The monoisotopic (exact) mass is 400 g/mol. The first kappa shape index (κ1) is 19.3. The van der Waals surface area contributed by atoms with Gasteiger partial charge in [0.25, 0.3) is 0 Å². The summed E-state index contributed by atoms with van der Waals surface area (Å²) in [6, 6.07) is 22.4. The number of methoxy groups -OCH3 is 2. The van der Waals surface area contributed by atoms with Gasteiger partial charge in [0.05, 0.1) is 19.8 Å². The van der Waals surface area contributed by atoms with Gasteiger partial charge in [-0.25, -0.2) is 4.79 Å². The Balaban J connectivity index is 1.54. The number of hydrogen-bond donors (Lipinski definition) is 0. The molecule has 150 valence electrons. The molecule has 0 aromatic heterocycles. The molecule has 0 spiro atoms. The highest BCUT2D eigenvalue weighted by Gasteiger charge is 2.22. The first-order valence-electron chi connectivity index (χ1n) is 9.37. The van der Waals surface area contributed by atoms with Gasteiger partial charge in [-0.15, -0.1) is 0 Å². The molecule has 0 N–H and O–H groups in total. The summed E-state index contributed by atoms with van der Waals surface area (Å²) >= 11 is 0. The molecule has 0 atom stereocenters. The van der Waals surface area contributed by atoms with Crippen LogP contribution in [0, 0.1) is 0 Å². The third-order valence-electron chi connectivity index (χ3n) is 4.57. The summed E-state index contributed by atoms with van der Waals surface area (Å²) in [6.45, 7) is 0.